The van der Waals surface area contributed by atoms with Crippen LogP contribution >= 0.6 is 11.6 Å². The Bertz CT molecular complexity index is 426. The number of alkyl halides is 3. The van der Waals surface area contributed by atoms with Crippen LogP contribution in [-0.2, 0) is 10.6 Å². The average molecular weight is 268 g/mol. The third-order valence-corrected chi connectivity index (χ3v) is 2.17. The number of ether oxygens (including phenoxy) is 1. The molecule has 3 nitrogen and oxygen atoms in total. The minimum Gasteiger partial charge on any atom is -0.461 e. The van der Waals surface area contributed by atoms with Gasteiger partial charge in [-0.2, -0.15) is 0 Å². The molecule has 0 saturated heterocycles. The Morgan fingerprint density at radius 2 is 2.24 bits per heavy atom. The molecule has 7 heteroatoms. The van der Waals surface area contributed by atoms with Crippen LogP contribution in [0.4, 0.5) is 13.2 Å². The highest BCUT2D eigenvalue weighted by molar-refractivity contribution is 6.17. The molecule has 0 N–H and O–H groups in total. The largest absolute Gasteiger partial charge is 0.461 e. The normalized spacial score (nSPS) is 10.7. The highest BCUT2D eigenvalue weighted by Crippen LogP contribution is 2.26. The van der Waals surface area contributed by atoms with E-state index >= 15 is 0 Å². The molecule has 0 aromatic carbocycles. The van der Waals surface area contributed by atoms with Crippen LogP contribution in [0.15, 0.2) is 6.07 Å². The Balaban J connectivity index is 3.22. The Labute approximate surface area is 101 Å². The van der Waals surface area contributed by atoms with E-state index in [4.69, 9.17) is 11.6 Å². The molecule has 0 aliphatic carbocycles. The van der Waals surface area contributed by atoms with E-state index in [2.05, 4.69) is 9.72 Å². The molecule has 0 fully saturated rings. The van der Waals surface area contributed by atoms with Gasteiger partial charge in [-0.15, -0.1) is 11.6 Å². The van der Waals surface area contributed by atoms with Gasteiger partial charge in [0.25, 0.3) is 6.43 Å². The van der Waals surface area contributed by atoms with Crippen molar-refractivity contribution in [2.24, 2.45) is 0 Å². The highest BCUT2D eigenvalue weighted by Gasteiger charge is 2.22. The molecule has 1 rings (SSSR count). The van der Waals surface area contributed by atoms with Crippen LogP contribution in [0.5, 0.6) is 0 Å². The van der Waals surface area contributed by atoms with Crippen LogP contribution in [0.25, 0.3) is 0 Å². The first-order chi connectivity index (χ1) is 8.01. The van der Waals surface area contributed by atoms with E-state index in [9.17, 15) is 18.0 Å². The maximum Gasteiger partial charge on any atom is 0.357 e. The van der Waals surface area contributed by atoms with Gasteiger partial charge in [0, 0.05) is 6.07 Å². The lowest BCUT2D eigenvalue weighted by atomic mass is 10.1. The summed E-state index contributed by atoms with van der Waals surface area (Å²) in [6.45, 7) is 1.64. The first-order valence-corrected chi connectivity index (χ1v) is 5.25. The zero-order valence-corrected chi connectivity index (χ0v) is 9.60. The Hall–Kier alpha value is -1.30. The van der Waals surface area contributed by atoms with Gasteiger partial charge >= 0.3 is 5.97 Å². The molecule has 0 radical (unpaired) electrons. The molecule has 1 heterocycles. The summed E-state index contributed by atoms with van der Waals surface area (Å²) in [5.41, 5.74) is -1.61. The van der Waals surface area contributed by atoms with E-state index in [1.807, 2.05) is 0 Å². The summed E-state index contributed by atoms with van der Waals surface area (Å²) in [7, 11) is 0. The number of nitrogens with zero attached hydrogens (tertiary/aromatic N) is 1. The third-order valence-electron chi connectivity index (χ3n) is 1.92. The van der Waals surface area contributed by atoms with Crippen molar-refractivity contribution in [3.05, 3.63) is 28.8 Å². The summed E-state index contributed by atoms with van der Waals surface area (Å²) in [5.74, 6) is -2.50. The fourth-order valence-corrected chi connectivity index (χ4v) is 1.42. The molecule has 0 saturated carbocycles. The monoisotopic (exact) mass is 267 g/mol. The second kappa shape index (κ2) is 5.86. The SMILES string of the molecule is CCOC(=O)c1cc(F)c(C(F)F)c(CCl)n1. The standard InChI is InChI=1S/C10H9ClF3NO2/c1-2-17-10(16)6-3-5(12)8(9(13)14)7(4-11)15-6/h3,9H,2,4H2,1H3. The molecule has 0 amide bonds. The molecule has 0 aliphatic heterocycles. The summed E-state index contributed by atoms with van der Waals surface area (Å²) in [6, 6.07) is 0.621. The first-order valence-electron chi connectivity index (χ1n) is 4.71. The molecule has 0 atom stereocenters. The van der Waals surface area contributed by atoms with Gasteiger partial charge in [-0.25, -0.2) is 22.9 Å². The first kappa shape index (κ1) is 13.8. The quantitative estimate of drug-likeness (QED) is 0.622. The lowest BCUT2D eigenvalue weighted by molar-refractivity contribution is 0.0517. The van der Waals surface area contributed by atoms with Crippen LogP contribution < -0.4 is 0 Å². The summed E-state index contributed by atoms with van der Waals surface area (Å²) >= 11 is 5.39. The maximum atomic E-state index is 13.4. The maximum absolute atomic E-state index is 13.4. The number of halogens is 4. The van der Waals surface area contributed by atoms with E-state index in [0.717, 1.165) is 0 Å². The second-order valence-electron chi connectivity index (χ2n) is 3.00. The lowest BCUT2D eigenvalue weighted by Crippen LogP contribution is -2.11. The fourth-order valence-electron chi connectivity index (χ4n) is 1.22. The van der Waals surface area contributed by atoms with Crippen molar-refractivity contribution in [2.45, 2.75) is 19.2 Å². The fraction of sp³-hybridized carbons (Fsp3) is 0.400. The third kappa shape index (κ3) is 3.09. The van der Waals surface area contributed by atoms with Crippen LogP contribution in [0.3, 0.4) is 0 Å². The van der Waals surface area contributed by atoms with Crippen molar-refractivity contribution < 1.29 is 22.7 Å². The minimum absolute atomic E-state index is 0.0783. The van der Waals surface area contributed by atoms with Gasteiger partial charge in [0.15, 0.2) is 5.69 Å². The van der Waals surface area contributed by atoms with Gasteiger partial charge in [-0.3, -0.25) is 0 Å². The Kier molecular flexibility index (Phi) is 4.74. The molecular formula is C10H9ClF3NO2. The van der Waals surface area contributed by atoms with Gasteiger partial charge in [0.05, 0.1) is 23.7 Å². The summed E-state index contributed by atoms with van der Waals surface area (Å²) in [5, 5.41) is 0. The number of esters is 1. The lowest BCUT2D eigenvalue weighted by Gasteiger charge is -2.09. The number of carbonyl (C=O) groups is 1. The van der Waals surface area contributed by atoms with Crippen molar-refractivity contribution in [2.75, 3.05) is 6.61 Å². The van der Waals surface area contributed by atoms with Gasteiger partial charge in [0.1, 0.15) is 5.82 Å². The smallest absolute Gasteiger partial charge is 0.357 e. The predicted octanol–water partition coefficient (Wildman–Crippen LogP) is 3.07. The second-order valence-corrected chi connectivity index (χ2v) is 3.27. The van der Waals surface area contributed by atoms with Gasteiger partial charge < -0.3 is 4.74 Å². The van der Waals surface area contributed by atoms with E-state index in [1.54, 1.807) is 6.92 Å². The number of carbonyl (C=O) groups excluding carboxylic acids is 1. The molecule has 17 heavy (non-hydrogen) atoms. The van der Waals surface area contributed by atoms with Crippen molar-refractivity contribution in [3.63, 3.8) is 0 Å². The highest BCUT2D eigenvalue weighted by atomic mass is 35.5. The predicted molar refractivity (Wildman–Crippen MR) is 54.7 cm³/mol. The summed E-state index contributed by atoms with van der Waals surface area (Å²) in [4.78, 5) is 14.8. The van der Waals surface area contributed by atoms with Crippen LogP contribution in [0.2, 0.25) is 0 Å². The molecule has 0 spiro atoms. The average Bonchev–Trinajstić information content (AvgIpc) is 2.27. The zero-order chi connectivity index (χ0) is 13.0. The molecule has 0 unspecified atom stereocenters. The molecule has 1 aromatic rings. The molecule has 0 aliphatic rings. The summed E-state index contributed by atoms with van der Waals surface area (Å²) in [6.07, 6.45) is -3.03. The van der Waals surface area contributed by atoms with Crippen LogP contribution in [0.1, 0.15) is 35.1 Å². The van der Waals surface area contributed by atoms with Gasteiger partial charge in [0.2, 0.25) is 0 Å². The van der Waals surface area contributed by atoms with Crippen molar-refractivity contribution in [1.82, 2.24) is 4.98 Å². The molecule has 1 aromatic heterocycles. The van der Waals surface area contributed by atoms with Gasteiger partial charge in [-0.1, -0.05) is 0 Å². The number of hydrogen-bond acceptors (Lipinski definition) is 3. The van der Waals surface area contributed by atoms with Crippen LogP contribution in [-0.4, -0.2) is 17.6 Å². The number of aromatic nitrogens is 1. The summed E-state index contributed by atoms with van der Waals surface area (Å²) < 4.78 is 42.9. The number of hydrogen-bond donors (Lipinski definition) is 0. The van der Waals surface area contributed by atoms with E-state index in [-0.39, 0.29) is 18.0 Å². The molecular weight excluding hydrogens is 259 g/mol. The minimum atomic E-state index is -3.03. The van der Waals surface area contributed by atoms with E-state index < -0.39 is 29.7 Å². The topological polar surface area (TPSA) is 39.2 Å². The molecule has 0 bridgehead atoms. The zero-order valence-electron chi connectivity index (χ0n) is 8.84. The Morgan fingerprint density at radius 1 is 1.59 bits per heavy atom. The van der Waals surface area contributed by atoms with Gasteiger partial charge in [-0.05, 0) is 6.92 Å². The Morgan fingerprint density at radius 3 is 2.71 bits per heavy atom. The van der Waals surface area contributed by atoms with Crippen molar-refractivity contribution >= 4 is 17.6 Å². The van der Waals surface area contributed by atoms with E-state index in [1.165, 1.54) is 0 Å². The molecule has 94 valence electrons. The number of pyridine rings is 1. The van der Waals surface area contributed by atoms with E-state index in [0.29, 0.717) is 6.07 Å². The van der Waals surface area contributed by atoms with Crippen molar-refractivity contribution in [3.8, 4) is 0 Å². The van der Waals surface area contributed by atoms with Crippen LogP contribution in [0, 0.1) is 5.82 Å². The van der Waals surface area contributed by atoms with Crippen molar-refractivity contribution in [1.29, 1.82) is 0 Å². The number of rotatable bonds is 4.